The minimum Gasteiger partial charge on any atom is -0.347 e. The summed E-state index contributed by atoms with van der Waals surface area (Å²) in [7, 11) is 0. The topological polar surface area (TPSA) is 112 Å². The lowest BCUT2D eigenvalue weighted by Crippen LogP contribution is -2.50. The maximum Gasteiger partial charge on any atom is 0.325 e. The molecule has 2 aliphatic carbocycles. The number of carbonyl (C=O) groups excluding carboxylic acids is 3. The number of nitrogens with zero attached hydrogens (tertiary/aromatic N) is 3. The lowest BCUT2D eigenvalue weighted by Gasteiger charge is -2.34. The van der Waals surface area contributed by atoms with Gasteiger partial charge in [-0.2, -0.15) is 5.10 Å². The van der Waals surface area contributed by atoms with E-state index in [1.807, 2.05) is 4.57 Å². The zero-order valence-electron chi connectivity index (χ0n) is 16.0. The highest BCUT2D eigenvalue weighted by Gasteiger charge is 2.52. The van der Waals surface area contributed by atoms with Crippen LogP contribution in [-0.4, -0.2) is 49.6 Å². The molecule has 9 nitrogen and oxygen atoms in total. The van der Waals surface area contributed by atoms with Gasteiger partial charge in [0.05, 0.1) is 6.54 Å². The first-order valence-corrected chi connectivity index (χ1v) is 10.4. The fraction of sp³-hybridized carbons (Fsp3) is 0.722. The van der Waals surface area contributed by atoms with Crippen LogP contribution in [-0.2, 0) is 16.1 Å². The molecule has 0 radical (unpaired) electrons. The Morgan fingerprint density at radius 3 is 2.64 bits per heavy atom. The van der Waals surface area contributed by atoms with Crippen LogP contribution in [0.2, 0.25) is 0 Å². The number of H-pyrrole nitrogens is 1. The molecule has 3 fully saturated rings. The molecule has 1 spiro atoms. The van der Waals surface area contributed by atoms with Crippen LogP contribution in [0.15, 0.2) is 0 Å². The van der Waals surface area contributed by atoms with E-state index in [-0.39, 0.29) is 24.9 Å². The van der Waals surface area contributed by atoms with Crippen LogP contribution < -0.4 is 10.6 Å². The molecule has 3 N–H and O–H groups in total. The van der Waals surface area contributed by atoms with Gasteiger partial charge in [-0.3, -0.25) is 24.2 Å². The summed E-state index contributed by atoms with van der Waals surface area (Å²) in [5.41, 5.74) is -0.822. The maximum atomic E-state index is 12.9. The monoisotopic (exact) mass is 406 g/mol. The smallest absolute Gasteiger partial charge is 0.325 e. The highest BCUT2D eigenvalue weighted by Crippen LogP contribution is 2.37. The van der Waals surface area contributed by atoms with Crippen molar-refractivity contribution in [2.24, 2.45) is 5.92 Å². The molecule has 3 aliphatic rings. The van der Waals surface area contributed by atoms with Gasteiger partial charge >= 0.3 is 6.03 Å². The third-order valence-electron chi connectivity index (χ3n) is 6.22. The highest BCUT2D eigenvalue weighted by molar-refractivity contribution is 7.71. The standard InChI is InChI=1S/C18H26N6O3S/c1-2-11-5-7-18(8-6-11)15(26)23(16(27)20-18)10-14(25)19-9-13-21-22-17(28)24(13)12-3-4-12/h11-12H,2-10H2,1H3,(H,19,25)(H,20,27)(H,22,28). The van der Waals surface area contributed by atoms with Gasteiger partial charge in [0.15, 0.2) is 10.6 Å². The summed E-state index contributed by atoms with van der Waals surface area (Å²) < 4.78 is 2.47. The molecule has 2 heterocycles. The fourth-order valence-corrected chi connectivity index (χ4v) is 4.59. The van der Waals surface area contributed by atoms with E-state index in [0.29, 0.717) is 35.4 Å². The SMILES string of the molecule is CCC1CCC2(CC1)NC(=O)N(CC(=O)NCc1n[nH]c(=S)n1C1CC1)C2=O. The first kappa shape index (κ1) is 19.1. The molecule has 0 bridgehead atoms. The van der Waals surface area contributed by atoms with E-state index in [4.69, 9.17) is 12.2 Å². The van der Waals surface area contributed by atoms with Crippen LogP contribution in [0.25, 0.3) is 0 Å². The van der Waals surface area contributed by atoms with Gasteiger partial charge in [0.25, 0.3) is 5.91 Å². The maximum absolute atomic E-state index is 12.9. The Morgan fingerprint density at radius 2 is 2.00 bits per heavy atom. The second-order valence-corrected chi connectivity index (χ2v) is 8.46. The van der Waals surface area contributed by atoms with Crippen molar-refractivity contribution in [2.45, 2.75) is 70.0 Å². The molecule has 10 heteroatoms. The molecule has 28 heavy (non-hydrogen) atoms. The first-order chi connectivity index (χ1) is 13.4. The Balaban J connectivity index is 1.35. The van der Waals surface area contributed by atoms with Crippen LogP contribution in [0, 0.1) is 10.7 Å². The van der Waals surface area contributed by atoms with Gasteiger partial charge in [0.2, 0.25) is 5.91 Å². The summed E-state index contributed by atoms with van der Waals surface area (Å²) >= 11 is 5.23. The predicted octanol–water partition coefficient (Wildman–Crippen LogP) is 1.78. The number of rotatable bonds is 6. The van der Waals surface area contributed by atoms with Crippen LogP contribution in [0.5, 0.6) is 0 Å². The minimum absolute atomic E-state index is 0.204. The van der Waals surface area contributed by atoms with Crippen molar-refractivity contribution in [3.05, 3.63) is 10.6 Å². The molecular formula is C18H26N6O3S. The molecule has 1 aromatic heterocycles. The summed E-state index contributed by atoms with van der Waals surface area (Å²) in [6.07, 6.45) is 6.33. The molecule has 0 atom stereocenters. The summed E-state index contributed by atoms with van der Waals surface area (Å²) in [5, 5.41) is 12.5. The van der Waals surface area contributed by atoms with Crippen molar-refractivity contribution < 1.29 is 14.4 Å². The fourth-order valence-electron chi connectivity index (χ4n) is 4.29. The Morgan fingerprint density at radius 1 is 1.29 bits per heavy atom. The van der Waals surface area contributed by atoms with E-state index in [2.05, 4.69) is 27.8 Å². The van der Waals surface area contributed by atoms with Crippen molar-refractivity contribution in [1.29, 1.82) is 0 Å². The molecule has 4 amide bonds. The van der Waals surface area contributed by atoms with E-state index in [0.717, 1.165) is 37.0 Å². The molecule has 1 aliphatic heterocycles. The Kier molecular flexibility index (Phi) is 4.98. The van der Waals surface area contributed by atoms with E-state index in [1.165, 1.54) is 0 Å². The second kappa shape index (κ2) is 7.31. The third-order valence-corrected chi connectivity index (χ3v) is 6.50. The van der Waals surface area contributed by atoms with Crippen LogP contribution in [0.1, 0.15) is 63.7 Å². The Labute approximate surface area is 168 Å². The number of imide groups is 1. The van der Waals surface area contributed by atoms with Crippen LogP contribution in [0.4, 0.5) is 4.79 Å². The van der Waals surface area contributed by atoms with Gasteiger partial charge in [-0.05, 0) is 56.7 Å². The normalized spacial score (nSPS) is 27.3. The lowest BCUT2D eigenvalue weighted by molar-refractivity contribution is -0.136. The molecule has 1 saturated heterocycles. The molecule has 4 rings (SSSR count). The number of hydrogen-bond acceptors (Lipinski definition) is 5. The molecule has 0 unspecified atom stereocenters. The lowest BCUT2D eigenvalue weighted by atomic mass is 9.75. The number of amides is 4. The number of hydrogen-bond donors (Lipinski definition) is 3. The average Bonchev–Trinajstić information content (AvgIpc) is 3.42. The Bertz CT molecular complexity index is 850. The summed E-state index contributed by atoms with van der Waals surface area (Å²) in [6, 6.07) is -0.127. The molecule has 1 aromatic rings. The third kappa shape index (κ3) is 3.45. The summed E-state index contributed by atoms with van der Waals surface area (Å²) in [6.45, 7) is 2.07. The minimum atomic E-state index is -0.822. The van der Waals surface area contributed by atoms with Crippen LogP contribution in [0.3, 0.4) is 0 Å². The molecular weight excluding hydrogens is 380 g/mol. The number of urea groups is 1. The number of nitrogens with one attached hydrogen (secondary N) is 3. The van der Waals surface area contributed by atoms with Gasteiger partial charge in [-0.1, -0.05) is 13.3 Å². The van der Waals surface area contributed by atoms with E-state index >= 15 is 0 Å². The quantitative estimate of drug-likeness (QED) is 0.492. The van der Waals surface area contributed by atoms with Gasteiger partial charge in [-0.15, -0.1) is 0 Å². The van der Waals surface area contributed by atoms with E-state index in [9.17, 15) is 14.4 Å². The molecule has 152 valence electrons. The summed E-state index contributed by atoms with van der Waals surface area (Å²) in [5.74, 6) is 0.600. The van der Waals surface area contributed by atoms with Crippen molar-refractivity contribution in [3.8, 4) is 0 Å². The van der Waals surface area contributed by atoms with E-state index < -0.39 is 11.6 Å². The van der Waals surface area contributed by atoms with Gasteiger partial charge < -0.3 is 10.6 Å². The second-order valence-electron chi connectivity index (χ2n) is 8.08. The van der Waals surface area contributed by atoms with Gasteiger partial charge in [-0.25, -0.2) is 4.79 Å². The average molecular weight is 407 g/mol. The van der Waals surface area contributed by atoms with Crippen molar-refractivity contribution >= 4 is 30.1 Å². The number of aromatic amines is 1. The Hall–Kier alpha value is -2.23. The number of carbonyl (C=O) groups is 3. The largest absolute Gasteiger partial charge is 0.347 e. The molecule has 0 aromatic carbocycles. The summed E-state index contributed by atoms with van der Waals surface area (Å²) in [4.78, 5) is 38.7. The number of aromatic nitrogens is 3. The van der Waals surface area contributed by atoms with Crippen LogP contribution >= 0.6 is 12.2 Å². The highest BCUT2D eigenvalue weighted by atomic mass is 32.1. The van der Waals surface area contributed by atoms with E-state index in [1.54, 1.807) is 0 Å². The van der Waals surface area contributed by atoms with Gasteiger partial charge in [0, 0.05) is 6.04 Å². The van der Waals surface area contributed by atoms with Crippen molar-refractivity contribution in [1.82, 2.24) is 30.3 Å². The van der Waals surface area contributed by atoms with Crippen molar-refractivity contribution in [3.63, 3.8) is 0 Å². The van der Waals surface area contributed by atoms with Crippen molar-refractivity contribution in [2.75, 3.05) is 6.54 Å². The zero-order valence-corrected chi connectivity index (χ0v) is 16.8. The zero-order chi connectivity index (χ0) is 19.9. The molecule has 2 saturated carbocycles. The van der Waals surface area contributed by atoms with Gasteiger partial charge in [0.1, 0.15) is 12.1 Å². The predicted molar refractivity (Wildman–Crippen MR) is 103 cm³/mol. The first-order valence-electron chi connectivity index (χ1n) is 10.00.